The van der Waals surface area contributed by atoms with E-state index in [0.717, 1.165) is 24.1 Å². The van der Waals surface area contributed by atoms with Crippen molar-refractivity contribution in [1.82, 2.24) is 9.36 Å². The van der Waals surface area contributed by atoms with Crippen molar-refractivity contribution in [2.24, 2.45) is 0 Å². The second-order valence-electron chi connectivity index (χ2n) is 4.08. The third-order valence-corrected chi connectivity index (χ3v) is 2.90. The Kier molecular flexibility index (Phi) is 3.53. The fraction of sp³-hybridized carbons (Fsp3) is 0.800. The smallest absolute Gasteiger partial charge is 0.202 e. The standard InChI is InChI=1S/C10H17N3OS/c1-7(2)14-6-5-11-10-12-9(13-15-10)8-3-4-8/h7-8H,3-6H2,1-2H3,(H,11,12,13). The lowest BCUT2D eigenvalue weighted by molar-refractivity contribution is 0.0870. The number of anilines is 1. The van der Waals surface area contributed by atoms with Crippen molar-refractivity contribution in [2.75, 3.05) is 18.5 Å². The van der Waals surface area contributed by atoms with Crippen LogP contribution >= 0.6 is 11.5 Å². The van der Waals surface area contributed by atoms with Crippen LogP contribution in [0.1, 0.15) is 38.4 Å². The number of hydrogen-bond donors (Lipinski definition) is 1. The Hall–Kier alpha value is -0.680. The second-order valence-corrected chi connectivity index (χ2v) is 4.83. The largest absolute Gasteiger partial charge is 0.377 e. The molecule has 0 atom stereocenters. The molecule has 1 saturated carbocycles. The van der Waals surface area contributed by atoms with E-state index in [4.69, 9.17) is 4.74 Å². The molecule has 1 heterocycles. The predicted octanol–water partition coefficient (Wildman–Crippen LogP) is 2.25. The van der Waals surface area contributed by atoms with Gasteiger partial charge in [0.25, 0.3) is 0 Å². The Morgan fingerprint density at radius 3 is 3.00 bits per heavy atom. The summed E-state index contributed by atoms with van der Waals surface area (Å²) in [5.74, 6) is 1.66. The minimum Gasteiger partial charge on any atom is -0.377 e. The number of nitrogens with zero attached hydrogens (tertiary/aromatic N) is 2. The van der Waals surface area contributed by atoms with Crippen LogP contribution < -0.4 is 5.32 Å². The number of hydrogen-bond acceptors (Lipinski definition) is 5. The van der Waals surface area contributed by atoms with Gasteiger partial charge in [-0.2, -0.15) is 4.37 Å². The van der Waals surface area contributed by atoms with E-state index in [1.54, 1.807) is 0 Å². The normalized spacial score (nSPS) is 15.9. The second kappa shape index (κ2) is 4.90. The maximum absolute atomic E-state index is 5.42. The molecule has 4 nitrogen and oxygen atoms in total. The Morgan fingerprint density at radius 2 is 2.33 bits per heavy atom. The van der Waals surface area contributed by atoms with Crippen LogP contribution in [-0.4, -0.2) is 28.6 Å². The zero-order valence-corrected chi connectivity index (χ0v) is 10.0. The molecule has 1 aromatic heterocycles. The van der Waals surface area contributed by atoms with E-state index in [1.807, 2.05) is 13.8 Å². The maximum Gasteiger partial charge on any atom is 0.202 e. The number of nitrogens with one attached hydrogen (secondary N) is 1. The predicted molar refractivity (Wildman–Crippen MR) is 61.5 cm³/mol. The molecule has 0 aromatic carbocycles. The van der Waals surface area contributed by atoms with Gasteiger partial charge in [0.2, 0.25) is 5.13 Å². The lowest BCUT2D eigenvalue weighted by Gasteiger charge is -2.06. The van der Waals surface area contributed by atoms with E-state index < -0.39 is 0 Å². The van der Waals surface area contributed by atoms with Crippen LogP contribution in [0.2, 0.25) is 0 Å². The van der Waals surface area contributed by atoms with Crippen LogP contribution in [0.3, 0.4) is 0 Å². The van der Waals surface area contributed by atoms with Crippen LogP contribution in [0, 0.1) is 0 Å². The summed E-state index contributed by atoms with van der Waals surface area (Å²) in [4.78, 5) is 4.43. The molecular formula is C10H17N3OS. The van der Waals surface area contributed by atoms with E-state index in [-0.39, 0.29) is 0 Å². The third-order valence-electron chi connectivity index (χ3n) is 2.21. The zero-order chi connectivity index (χ0) is 10.7. The molecule has 15 heavy (non-hydrogen) atoms. The molecule has 1 aliphatic carbocycles. The zero-order valence-electron chi connectivity index (χ0n) is 9.19. The van der Waals surface area contributed by atoms with Gasteiger partial charge in [0.1, 0.15) is 5.82 Å². The van der Waals surface area contributed by atoms with Crippen molar-refractivity contribution in [3.05, 3.63) is 5.82 Å². The molecular weight excluding hydrogens is 210 g/mol. The van der Waals surface area contributed by atoms with Crippen molar-refractivity contribution in [2.45, 2.75) is 38.7 Å². The molecule has 1 N–H and O–H groups in total. The molecule has 1 aliphatic rings. The van der Waals surface area contributed by atoms with Gasteiger partial charge in [-0.15, -0.1) is 0 Å². The molecule has 0 radical (unpaired) electrons. The Balaban J connectivity index is 1.69. The molecule has 1 fully saturated rings. The summed E-state index contributed by atoms with van der Waals surface area (Å²) >= 11 is 1.45. The van der Waals surface area contributed by atoms with Gasteiger partial charge in [-0.3, -0.25) is 0 Å². The molecule has 0 amide bonds. The molecule has 5 heteroatoms. The van der Waals surface area contributed by atoms with Gasteiger partial charge in [-0.25, -0.2) is 4.98 Å². The topological polar surface area (TPSA) is 47.0 Å². The van der Waals surface area contributed by atoms with Crippen LogP contribution in [-0.2, 0) is 4.74 Å². The highest BCUT2D eigenvalue weighted by molar-refractivity contribution is 7.09. The Morgan fingerprint density at radius 1 is 1.53 bits per heavy atom. The van der Waals surface area contributed by atoms with E-state index in [0.29, 0.717) is 12.0 Å². The van der Waals surface area contributed by atoms with Crippen molar-refractivity contribution < 1.29 is 4.74 Å². The summed E-state index contributed by atoms with van der Waals surface area (Å²) in [6, 6.07) is 0. The van der Waals surface area contributed by atoms with Gasteiger partial charge < -0.3 is 10.1 Å². The molecule has 0 saturated heterocycles. The summed E-state index contributed by atoms with van der Waals surface area (Å²) in [5, 5.41) is 4.14. The molecule has 84 valence electrons. The van der Waals surface area contributed by atoms with Gasteiger partial charge in [0.15, 0.2) is 0 Å². The SMILES string of the molecule is CC(C)OCCNc1nc(C2CC2)ns1. The summed E-state index contributed by atoms with van der Waals surface area (Å²) in [5.41, 5.74) is 0. The first-order valence-corrected chi connectivity index (χ1v) is 6.22. The van der Waals surface area contributed by atoms with Crippen LogP contribution in [0.4, 0.5) is 5.13 Å². The average Bonchev–Trinajstić information content (AvgIpc) is 2.94. The lowest BCUT2D eigenvalue weighted by Crippen LogP contribution is -2.13. The fourth-order valence-corrected chi connectivity index (χ4v) is 1.94. The van der Waals surface area contributed by atoms with Gasteiger partial charge >= 0.3 is 0 Å². The van der Waals surface area contributed by atoms with Crippen LogP contribution in [0.15, 0.2) is 0 Å². The van der Waals surface area contributed by atoms with Gasteiger partial charge in [-0.1, -0.05) is 0 Å². The summed E-state index contributed by atoms with van der Waals surface area (Å²) in [6.07, 6.45) is 2.81. The lowest BCUT2D eigenvalue weighted by atomic mass is 10.4. The first-order valence-electron chi connectivity index (χ1n) is 5.45. The summed E-state index contributed by atoms with van der Waals surface area (Å²) in [6.45, 7) is 5.60. The highest BCUT2D eigenvalue weighted by Gasteiger charge is 2.27. The van der Waals surface area contributed by atoms with Crippen molar-refractivity contribution >= 4 is 16.7 Å². The van der Waals surface area contributed by atoms with Crippen molar-refractivity contribution in [1.29, 1.82) is 0 Å². The summed E-state index contributed by atoms with van der Waals surface area (Å²) < 4.78 is 9.74. The maximum atomic E-state index is 5.42. The highest BCUT2D eigenvalue weighted by atomic mass is 32.1. The van der Waals surface area contributed by atoms with Crippen LogP contribution in [0.25, 0.3) is 0 Å². The molecule has 0 spiro atoms. The minimum absolute atomic E-state index is 0.295. The molecule has 0 bridgehead atoms. The van der Waals surface area contributed by atoms with Crippen LogP contribution in [0.5, 0.6) is 0 Å². The number of rotatable bonds is 6. The molecule has 0 unspecified atom stereocenters. The number of aromatic nitrogens is 2. The van der Waals surface area contributed by atoms with Crippen molar-refractivity contribution in [3.63, 3.8) is 0 Å². The fourth-order valence-electron chi connectivity index (χ4n) is 1.27. The van der Waals surface area contributed by atoms with Gasteiger partial charge in [-0.05, 0) is 26.7 Å². The minimum atomic E-state index is 0.295. The van der Waals surface area contributed by atoms with Gasteiger partial charge in [0, 0.05) is 24.0 Å². The highest BCUT2D eigenvalue weighted by Crippen LogP contribution is 2.39. The average molecular weight is 227 g/mol. The summed E-state index contributed by atoms with van der Waals surface area (Å²) in [7, 11) is 0. The van der Waals surface area contributed by atoms with Crippen molar-refractivity contribution in [3.8, 4) is 0 Å². The van der Waals surface area contributed by atoms with E-state index in [9.17, 15) is 0 Å². The Bertz CT molecular complexity index is 309. The Labute approximate surface area is 94.2 Å². The van der Waals surface area contributed by atoms with E-state index in [1.165, 1.54) is 24.4 Å². The first kappa shape index (κ1) is 10.8. The quantitative estimate of drug-likeness (QED) is 0.757. The molecule has 2 rings (SSSR count). The van der Waals surface area contributed by atoms with E-state index >= 15 is 0 Å². The monoisotopic (exact) mass is 227 g/mol. The van der Waals surface area contributed by atoms with E-state index in [2.05, 4.69) is 14.7 Å². The molecule has 0 aliphatic heterocycles. The number of ether oxygens (including phenoxy) is 1. The first-order chi connectivity index (χ1) is 7.25. The third kappa shape index (κ3) is 3.43. The van der Waals surface area contributed by atoms with Gasteiger partial charge in [0.05, 0.1) is 12.7 Å². The molecule has 1 aromatic rings.